The van der Waals surface area contributed by atoms with Gasteiger partial charge in [-0.2, -0.15) is 5.10 Å². The predicted molar refractivity (Wildman–Crippen MR) is 107 cm³/mol. The lowest BCUT2D eigenvalue weighted by Gasteiger charge is -2.13. The fourth-order valence-corrected chi connectivity index (χ4v) is 3.64. The van der Waals surface area contributed by atoms with Crippen LogP contribution in [0.2, 0.25) is 0 Å². The maximum Gasteiger partial charge on any atom is 0.339 e. The summed E-state index contributed by atoms with van der Waals surface area (Å²) >= 11 is 0. The van der Waals surface area contributed by atoms with Crippen molar-refractivity contribution in [3.8, 4) is 16.9 Å². The van der Waals surface area contributed by atoms with E-state index in [4.69, 9.17) is 15.6 Å². The molecule has 1 aliphatic rings. The van der Waals surface area contributed by atoms with E-state index in [0.717, 1.165) is 16.8 Å². The maximum atomic E-state index is 12.4. The lowest BCUT2D eigenvalue weighted by molar-refractivity contribution is 0.0458. The van der Waals surface area contributed by atoms with Crippen molar-refractivity contribution < 1.29 is 9.53 Å². The molecule has 0 radical (unpaired) electrons. The van der Waals surface area contributed by atoms with Gasteiger partial charge in [-0.3, -0.25) is 0 Å². The first-order valence-electron chi connectivity index (χ1n) is 9.03. The third kappa shape index (κ3) is 2.48. The number of hydrogen-bond acceptors (Lipinski definition) is 4. The molecule has 3 aromatic carbocycles. The number of ether oxygens (including phenoxy) is 1. The number of esters is 1. The molecule has 1 unspecified atom stereocenters. The highest BCUT2D eigenvalue weighted by Crippen LogP contribution is 2.43. The standard InChI is InChI=1S/C23H17N3O2/c24-22-19(21-17-13-7-8-14-18(17)23(27)28-21)20(15-9-3-1-4-10-15)25-26(22)16-11-5-2-6-12-16/h1-14,21H,24H2. The first-order valence-corrected chi connectivity index (χ1v) is 9.03. The molecule has 0 saturated carbocycles. The number of hydrogen-bond donors (Lipinski definition) is 1. The minimum atomic E-state index is -0.587. The Morgan fingerprint density at radius 1 is 0.857 bits per heavy atom. The van der Waals surface area contributed by atoms with E-state index in [1.807, 2.05) is 78.9 Å². The van der Waals surface area contributed by atoms with Gasteiger partial charge in [-0.15, -0.1) is 0 Å². The minimum absolute atomic E-state index is 0.341. The molecule has 0 amide bonds. The monoisotopic (exact) mass is 367 g/mol. The fourth-order valence-electron chi connectivity index (χ4n) is 3.64. The van der Waals surface area contributed by atoms with Crippen LogP contribution in [0.1, 0.15) is 27.6 Å². The van der Waals surface area contributed by atoms with Gasteiger partial charge in [-0.25, -0.2) is 9.48 Å². The number of para-hydroxylation sites is 1. The zero-order chi connectivity index (χ0) is 19.1. The van der Waals surface area contributed by atoms with Crippen LogP contribution >= 0.6 is 0 Å². The van der Waals surface area contributed by atoms with E-state index < -0.39 is 6.10 Å². The smallest absolute Gasteiger partial charge is 0.339 e. The number of carbonyl (C=O) groups excluding carboxylic acids is 1. The van der Waals surface area contributed by atoms with E-state index in [-0.39, 0.29) is 5.97 Å². The Morgan fingerprint density at radius 3 is 2.25 bits per heavy atom. The summed E-state index contributed by atoms with van der Waals surface area (Å²) in [5, 5.41) is 4.79. The van der Waals surface area contributed by atoms with Crippen molar-refractivity contribution in [1.82, 2.24) is 9.78 Å². The van der Waals surface area contributed by atoms with E-state index in [2.05, 4.69) is 0 Å². The van der Waals surface area contributed by atoms with Gasteiger partial charge in [0.15, 0.2) is 6.10 Å². The molecule has 0 fully saturated rings. The maximum absolute atomic E-state index is 12.4. The molecule has 0 aliphatic carbocycles. The quantitative estimate of drug-likeness (QED) is 0.546. The van der Waals surface area contributed by atoms with Gasteiger partial charge in [0.2, 0.25) is 0 Å². The summed E-state index contributed by atoms with van der Waals surface area (Å²) in [6.45, 7) is 0. The highest BCUT2D eigenvalue weighted by Gasteiger charge is 2.37. The Kier molecular flexibility index (Phi) is 3.72. The van der Waals surface area contributed by atoms with Gasteiger partial charge in [0.25, 0.3) is 0 Å². The molecule has 5 nitrogen and oxygen atoms in total. The average molecular weight is 367 g/mol. The fraction of sp³-hybridized carbons (Fsp3) is 0.0435. The second-order valence-electron chi connectivity index (χ2n) is 6.63. The number of carbonyl (C=O) groups is 1. The topological polar surface area (TPSA) is 70.1 Å². The number of benzene rings is 3. The zero-order valence-electron chi connectivity index (χ0n) is 14.9. The summed E-state index contributed by atoms with van der Waals surface area (Å²) in [6, 6.07) is 26.9. The van der Waals surface area contributed by atoms with Gasteiger partial charge in [0.05, 0.1) is 16.8 Å². The lowest BCUT2D eigenvalue weighted by Crippen LogP contribution is -2.07. The number of cyclic esters (lactones) is 1. The Bertz CT molecular complexity index is 1170. The molecule has 5 rings (SSSR count). The van der Waals surface area contributed by atoms with Crippen molar-refractivity contribution >= 4 is 11.8 Å². The number of nitrogens with zero attached hydrogens (tertiary/aromatic N) is 2. The predicted octanol–water partition coefficient (Wildman–Crippen LogP) is 4.38. The average Bonchev–Trinajstić information content (AvgIpc) is 3.26. The molecule has 0 saturated heterocycles. The molecule has 136 valence electrons. The summed E-state index contributed by atoms with van der Waals surface area (Å²) in [5.41, 5.74) is 11.1. The van der Waals surface area contributed by atoms with Gasteiger partial charge < -0.3 is 10.5 Å². The molecular weight excluding hydrogens is 350 g/mol. The molecular formula is C23H17N3O2. The summed E-state index contributed by atoms with van der Waals surface area (Å²) in [5.74, 6) is 0.117. The van der Waals surface area contributed by atoms with Crippen molar-refractivity contribution in [3.05, 3.63) is 102 Å². The molecule has 0 spiro atoms. The van der Waals surface area contributed by atoms with Crippen LogP contribution in [0.5, 0.6) is 0 Å². The van der Waals surface area contributed by atoms with Crippen LogP contribution in [-0.4, -0.2) is 15.7 Å². The SMILES string of the molecule is Nc1c(C2OC(=O)c3ccccc32)c(-c2ccccc2)nn1-c1ccccc1. The number of nitrogens with two attached hydrogens (primary N) is 1. The molecule has 5 heteroatoms. The summed E-state index contributed by atoms with van der Waals surface area (Å²) in [4.78, 5) is 12.4. The molecule has 28 heavy (non-hydrogen) atoms. The molecule has 2 N–H and O–H groups in total. The number of aromatic nitrogens is 2. The van der Waals surface area contributed by atoms with E-state index in [1.165, 1.54) is 0 Å². The number of fused-ring (bicyclic) bond motifs is 1. The van der Waals surface area contributed by atoms with Crippen LogP contribution in [0.4, 0.5) is 5.82 Å². The highest BCUT2D eigenvalue weighted by molar-refractivity contribution is 5.95. The molecule has 1 atom stereocenters. The number of rotatable bonds is 3. The van der Waals surface area contributed by atoms with Crippen LogP contribution < -0.4 is 5.73 Å². The first kappa shape index (κ1) is 16.3. The van der Waals surface area contributed by atoms with Gasteiger partial charge in [-0.1, -0.05) is 66.7 Å². The van der Waals surface area contributed by atoms with Crippen molar-refractivity contribution in [2.45, 2.75) is 6.10 Å². The third-order valence-corrected chi connectivity index (χ3v) is 4.96. The van der Waals surface area contributed by atoms with Crippen LogP contribution in [0.25, 0.3) is 16.9 Å². The van der Waals surface area contributed by atoms with Crippen LogP contribution in [-0.2, 0) is 4.74 Å². The Hall–Kier alpha value is -3.86. The highest BCUT2D eigenvalue weighted by atomic mass is 16.5. The van der Waals surface area contributed by atoms with Crippen molar-refractivity contribution in [3.63, 3.8) is 0 Å². The Morgan fingerprint density at radius 2 is 1.50 bits per heavy atom. The van der Waals surface area contributed by atoms with Crippen LogP contribution in [0.15, 0.2) is 84.9 Å². The number of nitrogen functional groups attached to an aromatic ring is 1. The first-order chi connectivity index (χ1) is 13.7. The van der Waals surface area contributed by atoms with Crippen molar-refractivity contribution in [1.29, 1.82) is 0 Å². The van der Waals surface area contributed by atoms with Crippen LogP contribution in [0, 0.1) is 0 Å². The van der Waals surface area contributed by atoms with Crippen molar-refractivity contribution in [2.75, 3.05) is 5.73 Å². The van der Waals surface area contributed by atoms with Gasteiger partial charge in [-0.05, 0) is 18.2 Å². The van der Waals surface area contributed by atoms with Crippen LogP contribution in [0.3, 0.4) is 0 Å². The van der Waals surface area contributed by atoms with E-state index in [9.17, 15) is 4.79 Å². The van der Waals surface area contributed by atoms with Gasteiger partial charge >= 0.3 is 5.97 Å². The minimum Gasteiger partial charge on any atom is -0.449 e. The summed E-state index contributed by atoms with van der Waals surface area (Å²) < 4.78 is 7.44. The molecule has 2 heterocycles. The molecule has 4 aromatic rings. The third-order valence-electron chi connectivity index (χ3n) is 4.96. The lowest BCUT2D eigenvalue weighted by atomic mass is 9.96. The normalized spacial score (nSPS) is 15.3. The second kappa shape index (κ2) is 6.39. The van der Waals surface area contributed by atoms with E-state index in [0.29, 0.717) is 22.6 Å². The largest absolute Gasteiger partial charge is 0.449 e. The van der Waals surface area contributed by atoms with E-state index in [1.54, 1.807) is 10.7 Å². The zero-order valence-corrected chi connectivity index (χ0v) is 14.9. The number of anilines is 1. The molecule has 0 bridgehead atoms. The van der Waals surface area contributed by atoms with Gasteiger partial charge in [0, 0.05) is 11.1 Å². The summed E-state index contributed by atoms with van der Waals surface area (Å²) in [7, 11) is 0. The molecule has 1 aromatic heterocycles. The summed E-state index contributed by atoms with van der Waals surface area (Å²) in [6.07, 6.45) is -0.587. The second-order valence-corrected chi connectivity index (χ2v) is 6.63. The Labute approximate surface area is 162 Å². The molecule has 1 aliphatic heterocycles. The van der Waals surface area contributed by atoms with Crippen molar-refractivity contribution in [2.24, 2.45) is 0 Å². The van der Waals surface area contributed by atoms with E-state index >= 15 is 0 Å². The van der Waals surface area contributed by atoms with Gasteiger partial charge in [0.1, 0.15) is 11.5 Å². The Balaban J connectivity index is 1.76.